The molecule has 2 aromatic rings. The molecule has 3 rings (SSSR count). The molecule has 0 bridgehead atoms. The van der Waals surface area contributed by atoms with Crippen LogP contribution in [0.15, 0.2) is 30.3 Å². The molecule has 1 atom stereocenters. The molecule has 0 aliphatic heterocycles. The molecule has 212 valence electrons. The molecular formula is C28H35F6NO3. The maximum absolute atomic E-state index is 14.1. The molecular weight excluding hydrogens is 512 g/mol. The quantitative estimate of drug-likeness (QED) is 0.289. The molecule has 38 heavy (non-hydrogen) atoms. The summed E-state index contributed by atoms with van der Waals surface area (Å²) in [7, 11) is 1.93. The molecule has 10 heteroatoms. The summed E-state index contributed by atoms with van der Waals surface area (Å²) in [4.78, 5) is 12.8. The molecule has 2 aromatic carbocycles. The number of nitrogens with zero attached hydrogens (tertiary/aromatic N) is 1. The van der Waals surface area contributed by atoms with Gasteiger partial charge in [0.1, 0.15) is 11.3 Å². The molecule has 0 aromatic heterocycles. The van der Waals surface area contributed by atoms with Crippen molar-refractivity contribution in [3.63, 3.8) is 0 Å². The Hall–Kier alpha value is -2.49. The number of carboxylic acid groups (broad SMARTS) is 1. The average Bonchev–Trinajstić information content (AvgIpc) is 2.81. The maximum atomic E-state index is 14.1. The van der Waals surface area contributed by atoms with Gasteiger partial charge in [-0.2, -0.15) is 26.3 Å². The molecule has 4 nitrogen and oxygen atoms in total. The first kappa shape index (κ1) is 30.1. The predicted octanol–water partition coefficient (Wildman–Crippen LogP) is 8.07. The number of fused-ring (bicyclic) bond motifs is 1. The lowest BCUT2D eigenvalue weighted by Gasteiger charge is -2.31. The normalized spacial score (nSPS) is 19.6. The second-order valence-corrected chi connectivity index (χ2v) is 10.5. The number of alkyl halides is 6. The van der Waals surface area contributed by atoms with Crippen LogP contribution in [0, 0.1) is 11.8 Å². The van der Waals surface area contributed by atoms with Crippen molar-refractivity contribution >= 4 is 16.7 Å². The van der Waals surface area contributed by atoms with Gasteiger partial charge >= 0.3 is 18.3 Å². The van der Waals surface area contributed by atoms with Crippen LogP contribution in [0.5, 0.6) is 5.75 Å². The van der Waals surface area contributed by atoms with Crippen molar-refractivity contribution in [3.05, 3.63) is 41.5 Å². The second kappa shape index (κ2) is 12.6. The summed E-state index contributed by atoms with van der Waals surface area (Å²) < 4.78 is 86.7. The fraction of sp³-hybridized carbons (Fsp3) is 0.607. The first-order chi connectivity index (χ1) is 17.7. The summed E-state index contributed by atoms with van der Waals surface area (Å²) in [5, 5.41) is 9.20. The number of ether oxygens (including phenoxy) is 1. The fourth-order valence-electron chi connectivity index (χ4n) is 5.15. The Balaban J connectivity index is 1.66. The Bertz CT molecular complexity index is 1080. The summed E-state index contributed by atoms with van der Waals surface area (Å²) in [5.41, 5.74) is -0.0469. The van der Waals surface area contributed by atoms with E-state index in [9.17, 15) is 31.1 Å². The highest BCUT2D eigenvalue weighted by Gasteiger charge is 2.42. The Morgan fingerprint density at radius 3 is 2.34 bits per heavy atom. The van der Waals surface area contributed by atoms with Crippen LogP contribution in [0.1, 0.15) is 69.4 Å². The lowest BCUT2D eigenvalue weighted by atomic mass is 9.87. The van der Waals surface area contributed by atoms with Crippen LogP contribution in [0.3, 0.4) is 0 Å². The largest absolute Gasteiger partial charge is 0.490 e. The summed E-state index contributed by atoms with van der Waals surface area (Å²) >= 11 is 0. The van der Waals surface area contributed by atoms with E-state index in [1.54, 1.807) is 18.2 Å². The zero-order chi connectivity index (χ0) is 28.1. The average molecular weight is 548 g/mol. The van der Waals surface area contributed by atoms with E-state index < -0.39 is 35.9 Å². The number of rotatable bonds is 11. The van der Waals surface area contributed by atoms with Crippen LogP contribution in [-0.4, -0.2) is 41.8 Å². The van der Waals surface area contributed by atoms with Crippen molar-refractivity contribution in [3.8, 4) is 5.75 Å². The van der Waals surface area contributed by atoms with Crippen LogP contribution in [0.25, 0.3) is 10.8 Å². The van der Waals surface area contributed by atoms with Crippen LogP contribution in [0.2, 0.25) is 0 Å². The molecule has 0 saturated heterocycles. The van der Waals surface area contributed by atoms with Crippen LogP contribution in [0.4, 0.5) is 26.3 Å². The van der Waals surface area contributed by atoms with Crippen LogP contribution in [-0.2, 0) is 17.5 Å². The van der Waals surface area contributed by atoms with Crippen molar-refractivity contribution in [1.82, 2.24) is 4.90 Å². The number of hydrogen-bond donors (Lipinski definition) is 1. The Morgan fingerprint density at radius 2 is 1.74 bits per heavy atom. The summed E-state index contributed by atoms with van der Waals surface area (Å²) in [6.07, 6.45) is -7.29. The first-order valence-corrected chi connectivity index (χ1v) is 13.0. The zero-order valence-electron chi connectivity index (χ0n) is 21.7. The lowest BCUT2D eigenvalue weighted by Crippen LogP contribution is -2.32. The van der Waals surface area contributed by atoms with Gasteiger partial charge < -0.3 is 14.7 Å². The molecule has 1 saturated carbocycles. The summed E-state index contributed by atoms with van der Waals surface area (Å²) in [6, 6.07) is 7.64. The van der Waals surface area contributed by atoms with E-state index in [4.69, 9.17) is 9.84 Å². The van der Waals surface area contributed by atoms with E-state index in [1.807, 2.05) is 14.0 Å². The molecule has 1 fully saturated rings. The second-order valence-electron chi connectivity index (χ2n) is 10.5. The summed E-state index contributed by atoms with van der Waals surface area (Å²) in [5.74, 6) is -2.27. The zero-order valence-corrected chi connectivity index (χ0v) is 21.7. The number of carbonyl (C=O) groups is 1. The van der Waals surface area contributed by atoms with Crippen molar-refractivity contribution in [2.45, 2.75) is 83.3 Å². The van der Waals surface area contributed by atoms with Gasteiger partial charge in [-0.05, 0) is 92.9 Å². The van der Waals surface area contributed by atoms with E-state index >= 15 is 0 Å². The van der Waals surface area contributed by atoms with Gasteiger partial charge in [0.05, 0.1) is 12.0 Å². The number of carboxylic acids is 1. The minimum Gasteiger partial charge on any atom is -0.490 e. The Labute approximate surface area is 218 Å². The summed E-state index contributed by atoms with van der Waals surface area (Å²) in [6.45, 7) is 3.34. The highest BCUT2D eigenvalue weighted by Crippen LogP contribution is 2.44. The molecule has 0 spiro atoms. The van der Waals surface area contributed by atoms with E-state index in [-0.39, 0.29) is 43.2 Å². The van der Waals surface area contributed by atoms with Gasteiger partial charge in [0.25, 0.3) is 0 Å². The first-order valence-electron chi connectivity index (χ1n) is 13.0. The molecule has 0 radical (unpaired) electrons. The third-order valence-corrected chi connectivity index (χ3v) is 7.30. The standard InChI is InChI=1S/C28H35F6NO3/c1-18(5-14-25(36)37)4-3-15-35(2)17-19-6-12-23-20(16-19)7-13-24(26(23)28(32,33)34)38-22-10-8-21(9-11-22)27(29,30)31/h6-7,12-13,16,18,21-22H,3-5,8-11,14-15,17H2,1-2H3,(H,36,37). The monoisotopic (exact) mass is 547 g/mol. The molecule has 0 amide bonds. The van der Waals surface area contributed by atoms with E-state index in [0.29, 0.717) is 24.3 Å². The van der Waals surface area contributed by atoms with Crippen LogP contribution < -0.4 is 4.74 Å². The molecule has 0 heterocycles. The van der Waals surface area contributed by atoms with Gasteiger partial charge in [0, 0.05) is 13.0 Å². The highest BCUT2D eigenvalue weighted by molar-refractivity contribution is 5.89. The lowest BCUT2D eigenvalue weighted by molar-refractivity contribution is -0.185. The van der Waals surface area contributed by atoms with Crippen molar-refractivity contribution in [1.29, 1.82) is 0 Å². The SMILES string of the molecule is CC(CCCN(C)Cc1ccc2c(C(F)(F)F)c(OC3CCC(C(F)(F)F)CC3)ccc2c1)CCC(=O)O. The molecule has 1 aliphatic carbocycles. The number of hydrogen-bond acceptors (Lipinski definition) is 3. The number of aliphatic carboxylic acids is 1. The molecule has 1 unspecified atom stereocenters. The third kappa shape index (κ3) is 8.51. The predicted molar refractivity (Wildman–Crippen MR) is 133 cm³/mol. The van der Waals surface area contributed by atoms with Gasteiger partial charge in [-0.25, -0.2) is 0 Å². The van der Waals surface area contributed by atoms with Crippen LogP contribution >= 0.6 is 0 Å². The maximum Gasteiger partial charge on any atom is 0.420 e. The van der Waals surface area contributed by atoms with E-state index in [2.05, 4.69) is 4.90 Å². The Kier molecular flexibility index (Phi) is 9.95. The van der Waals surface area contributed by atoms with Gasteiger partial charge in [0.2, 0.25) is 0 Å². The number of benzene rings is 2. The van der Waals surface area contributed by atoms with Crippen molar-refractivity contribution in [2.75, 3.05) is 13.6 Å². The van der Waals surface area contributed by atoms with Gasteiger partial charge in [-0.3, -0.25) is 4.79 Å². The molecule has 1 aliphatic rings. The minimum atomic E-state index is -4.69. The van der Waals surface area contributed by atoms with E-state index in [0.717, 1.165) is 24.9 Å². The number of halogens is 6. The van der Waals surface area contributed by atoms with Crippen molar-refractivity contribution < 1.29 is 41.0 Å². The minimum absolute atomic E-state index is 0.00219. The van der Waals surface area contributed by atoms with Gasteiger partial charge in [-0.1, -0.05) is 25.1 Å². The van der Waals surface area contributed by atoms with E-state index in [1.165, 1.54) is 12.1 Å². The molecule has 1 N–H and O–H groups in total. The topological polar surface area (TPSA) is 49.8 Å². The van der Waals surface area contributed by atoms with Gasteiger partial charge in [0.15, 0.2) is 0 Å². The fourth-order valence-corrected chi connectivity index (χ4v) is 5.15. The third-order valence-electron chi connectivity index (χ3n) is 7.30. The Morgan fingerprint density at radius 1 is 1.05 bits per heavy atom. The van der Waals surface area contributed by atoms with Gasteiger partial charge in [-0.15, -0.1) is 0 Å². The van der Waals surface area contributed by atoms with Crippen molar-refractivity contribution in [2.24, 2.45) is 11.8 Å². The smallest absolute Gasteiger partial charge is 0.420 e. The highest BCUT2D eigenvalue weighted by atomic mass is 19.4.